The lowest BCUT2D eigenvalue weighted by atomic mass is 9.97. The Hall–Kier alpha value is -2.66. The second-order valence-corrected chi connectivity index (χ2v) is 6.81. The third kappa shape index (κ3) is 5.17. The number of esters is 1. The number of nitrogens with zero attached hydrogens (tertiary/aromatic N) is 1. The molecule has 0 saturated carbocycles. The Kier molecular flexibility index (Phi) is 6.60. The molecule has 0 radical (unpaired) electrons. The van der Waals surface area contributed by atoms with Crippen molar-refractivity contribution in [2.24, 2.45) is 5.92 Å². The van der Waals surface area contributed by atoms with Crippen LogP contribution < -0.4 is 0 Å². The number of hydrogen-bond acceptors (Lipinski definition) is 4. The molecule has 0 atom stereocenters. The van der Waals surface area contributed by atoms with Gasteiger partial charge < -0.3 is 14.4 Å². The zero-order valence-electron chi connectivity index (χ0n) is 15.6. The Morgan fingerprint density at radius 1 is 0.963 bits per heavy atom. The first kappa shape index (κ1) is 19.1. The van der Waals surface area contributed by atoms with E-state index in [2.05, 4.69) is 16.9 Å². The van der Waals surface area contributed by atoms with Crippen LogP contribution in [0.2, 0.25) is 0 Å². The van der Waals surface area contributed by atoms with Crippen LogP contribution in [-0.4, -0.2) is 43.6 Å². The SMILES string of the molecule is COC(=O)c1ccc(C(=O)N2CCC(COCc3ccccc3)CC2)cc1. The molecule has 1 saturated heterocycles. The average molecular weight is 367 g/mol. The molecule has 3 rings (SSSR count). The molecular weight excluding hydrogens is 342 g/mol. The van der Waals surface area contributed by atoms with Crippen molar-refractivity contribution in [3.63, 3.8) is 0 Å². The van der Waals surface area contributed by atoms with Gasteiger partial charge in [0.25, 0.3) is 5.91 Å². The van der Waals surface area contributed by atoms with Gasteiger partial charge in [0, 0.05) is 25.3 Å². The van der Waals surface area contributed by atoms with Crippen LogP contribution in [0, 0.1) is 5.92 Å². The van der Waals surface area contributed by atoms with Crippen molar-refractivity contribution in [3.05, 3.63) is 71.3 Å². The molecule has 0 N–H and O–H groups in total. The summed E-state index contributed by atoms with van der Waals surface area (Å²) in [5.74, 6) is 0.0971. The lowest BCUT2D eigenvalue weighted by Crippen LogP contribution is -2.39. The number of amides is 1. The maximum absolute atomic E-state index is 12.6. The summed E-state index contributed by atoms with van der Waals surface area (Å²) >= 11 is 0. The van der Waals surface area contributed by atoms with Crippen LogP contribution in [0.25, 0.3) is 0 Å². The van der Waals surface area contributed by atoms with Gasteiger partial charge in [-0.25, -0.2) is 4.79 Å². The summed E-state index contributed by atoms with van der Waals surface area (Å²) in [4.78, 5) is 26.0. The second-order valence-electron chi connectivity index (χ2n) is 6.81. The molecule has 0 aliphatic carbocycles. The molecule has 1 heterocycles. The molecule has 1 fully saturated rings. The first-order chi connectivity index (χ1) is 13.2. The summed E-state index contributed by atoms with van der Waals surface area (Å²) in [6.07, 6.45) is 1.89. The van der Waals surface area contributed by atoms with Gasteiger partial charge in [-0.05, 0) is 48.6 Å². The second kappa shape index (κ2) is 9.33. The van der Waals surface area contributed by atoms with E-state index in [1.165, 1.54) is 12.7 Å². The first-order valence-electron chi connectivity index (χ1n) is 9.26. The molecule has 0 bridgehead atoms. The summed E-state index contributed by atoms with van der Waals surface area (Å²) in [6, 6.07) is 16.8. The van der Waals surface area contributed by atoms with Gasteiger partial charge in [0.05, 0.1) is 19.3 Å². The number of hydrogen-bond donors (Lipinski definition) is 0. The van der Waals surface area contributed by atoms with E-state index in [-0.39, 0.29) is 5.91 Å². The molecule has 0 unspecified atom stereocenters. The van der Waals surface area contributed by atoms with Crippen molar-refractivity contribution in [1.82, 2.24) is 4.90 Å². The molecule has 5 heteroatoms. The van der Waals surface area contributed by atoms with Gasteiger partial charge in [-0.2, -0.15) is 0 Å². The van der Waals surface area contributed by atoms with E-state index in [1.807, 2.05) is 23.1 Å². The molecule has 142 valence electrons. The standard InChI is InChI=1S/C22H25NO4/c1-26-22(25)20-9-7-19(8-10-20)21(24)23-13-11-18(12-14-23)16-27-15-17-5-3-2-4-6-17/h2-10,18H,11-16H2,1H3. The molecule has 0 spiro atoms. The van der Waals surface area contributed by atoms with Crippen LogP contribution in [0.3, 0.4) is 0 Å². The molecule has 27 heavy (non-hydrogen) atoms. The van der Waals surface area contributed by atoms with Gasteiger partial charge >= 0.3 is 5.97 Å². The number of rotatable bonds is 6. The Balaban J connectivity index is 1.44. The highest BCUT2D eigenvalue weighted by Gasteiger charge is 2.24. The quantitative estimate of drug-likeness (QED) is 0.733. The molecule has 0 aromatic heterocycles. The van der Waals surface area contributed by atoms with Gasteiger partial charge in [-0.3, -0.25) is 4.79 Å². The first-order valence-corrected chi connectivity index (χ1v) is 9.26. The number of benzene rings is 2. The number of likely N-dealkylation sites (tertiary alicyclic amines) is 1. The van der Waals surface area contributed by atoms with Crippen LogP contribution >= 0.6 is 0 Å². The smallest absolute Gasteiger partial charge is 0.337 e. The van der Waals surface area contributed by atoms with Crippen LogP contribution in [-0.2, 0) is 16.1 Å². The van der Waals surface area contributed by atoms with E-state index in [9.17, 15) is 9.59 Å². The fourth-order valence-corrected chi connectivity index (χ4v) is 3.27. The molecule has 2 aromatic carbocycles. The molecule has 1 amide bonds. The lowest BCUT2D eigenvalue weighted by molar-refractivity contribution is 0.0478. The summed E-state index contributed by atoms with van der Waals surface area (Å²) in [5, 5.41) is 0. The Labute approximate surface area is 159 Å². The van der Waals surface area contributed by atoms with Crippen molar-refractivity contribution in [1.29, 1.82) is 0 Å². The van der Waals surface area contributed by atoms with E-state index < -0.39 is 5.97 Å². The number of piperidine rings is 1. The van der Waals surface area contributed by atoms with Crippen molar-refractivity contribution in [2.75, 3.05) is 26.8 Å². The summed E-state index contributed by atoms with van der Waals surface area (Å²) in [5.41, 5.74) is 2.23. The monoisotopic (exact) mass is 367 g/mol. The maximum atomic E-state index is 12.6. The number of methoxy groups -OCH3 is 1. The minimum atomic E-state index is -0.398. The van der Waals surface area contributed by atoms with E-state index in [0.29, 0.717) is 23.7 Å². The minimum Gasteiger partial charge on any atom is -0.465 e. The Morgan fingerprint density at radius 2 is 1.59 bits per heavy atom. The summed E-state index contributed by atoms with van der Waals surface area (Å²) < 4.78 is 10.5. The van der Waals surface area contributed by atoms with E-state index in [4.69, 9.17) is 4.74 Å². The van der Waals surface area contributed by atoms with Gasteiger partial charge in [0.15, 0.2) is 0 Å². The average Bonchev–Trinajstić information content (AvgIpc) is 2.74. The molecule has 1 aliphatic heterocycles. The predicted octanol–water partition coefficient (Wildman–Crippen LogP) is 3.54. The van der Waals surface area contributed by atoms with Gasteiger partial charge in [0.1, 0.15) is 0 Å². The fraction of sp³-hybridized carbons (Fsp3) is 0.364. The van der Waals surface area contributed by atoms with Gasteiger partial charge in [-0.15, -0.1) is 0 Å². The van der Waals surface area contributed by atoms with Crippen LogP contribution in [0.15, 0.2) is 54.6 Å². The number of carbonyl (C=O) groups is 2. The third-order valence-electron chi connectivity index (χ3n) is 4.92. The number of carbonyl (C=O) groups excluding carboxylic acids is 2. The topological polar surface area (TPSA) is 55.8 Å². The molecule has 5 nitrogen and oxygen atoms in total. The molecular formula is C22H25NO4. The zero-order valence-corrected chi connectivity index (χ0v) is 15.6. The molecule has 2 aromatic rings. The normalized spacial score (nSPS) is 14.8. The third-order valence-corrected chi connectivity index (χ3v) is 4.92. The van der Waals surface area contributed by atoms with Crippen LogP contribution in [0.4, 0.5) is 0 Å². The predicted molar refractivity (Wildman–Crippen MR) is 103 cm³/mol. The highest BCUT2D eigenvalue weighted by molar-refractivity contribution is 5.96. The fourth-order valence-electron chi connectivity index (χ4n) is 3.27. The van der Waals surface area contributed by atoms with Gasteiger partial charge in [0.2, 0.25) is 0 Å². The van der Waals surface area contributed by atoms with Crippen molar-refractivity contribution in [3.8, 4) is 0 Å². The number of ether oxygens (including phenoxy) is 2. The van der Waals surface area contributed by atoms with Crippen molar-refractivity contribution >= 4 is 11.9 Å². The van der Waals surface area contributed by atoms with Crippen LogP contribution in [0.5, 0.6) is 0 Å². The zero-order chi connectivity index (χ0) is 19.1. The summed E-state index contributed by atoms with van der Waals surface area (Å²) in [6.45, 7) is 2.82. The van der Waals surface area contributed by atoms with E-state index in [1.54, 1.807) is 24.3 Å². The lowest BCUT2D eigenvalue weighted by Gasteiger charge is -2.32. The summed E-state index contributed by atoms with van der Waals surface area (Å²) in [7, 11) is 1.34. The Morgan fingerprint density at radius 3 is 2.22 bits per heavy atom. The Bertz CT molecular complexity index is 750. The van der Waals surface area contributed by atoms with E-state index >= 15 is 0 Å². The largest absolute Gasteiger partial charge is 0.465 e. The van der Waals surface area contributed by atoms with Crippen molar-refractivity contribution < 1.29 is 19.1 Å². The van der Waals surface area contributed by atoms with Crippen LogP contribution in [0.1, 0.15) is 39.1 Å². The molecule has 1 aliphatic rings. The van der Waals surface area contributed by atoms with E-state index in [0.717, 1.165) is 32.5 Å². The van der Waals surface area contributed by atoms with Gasteiger partial charge in [-0.1, -0.05) is 30.3 Å². The highest BCUT2D eigenvalue weighted by atomic mass is 16.5. The minimum absolute atomic E-state index is 0.00932. The highest BCUT2D eigenvalue weighted by Crippen LogP contribution is 2.20. The maximum Gasteiger partial charge on any atom is 0.337 e. The van der Waals surface area contributed by atoms with Crippen molar-refractivity contribution in [2.45, 2.75) is 19.4 Å².